The second-order valence-electron chi connectivity index (χ2n) is 5.81. The number of aromatic nitrogens is 2. The van der Waals surface area contributed by atoms with Gasteiger partial charge < -0.3 is 20.2 Å². The minimum Gasteiger partial charge on any atom is -0.379 e. The van der Waals surface area contributed by atoms with Crippen LogP contribution >= 0.6 is 0 Å². The third-order valence-electron chi connectivity index (χ3n) is 4.15. The van der Waals surface area contributed by atoms with Gasteiger partial charge in [0.05, 0.1) is 19.3 Å². The van der Waals surface area contributed by atoms with Crippen LogP contribution in [0.5, 0.6) is 0 Å². The molecule has 1 aromatic heterocycles. The molecule has 0 aliphatic carbocycles. The maximum Gasteiger partial charge on any atom is 0.406 e. The topological polar surface area (TPSA) is 85.5 Å². The molecule has 0 bridgehead atoms. The molecule has 0 amide bonds. The SMILES string of the molecule is Cn1cnc([N+](=O)[O-])c1NC(CN1CCOCC1)c1ccccc1. The highest BCUT2D eigenvalue weighted by Gasteiger charge is 2.25. The number of morpholine rings is 1. The Labute approximate surface area is 140 Å². The van der Waals surface area contributed by atoms with Crippen LogP contribution in [0.4, 0.5) is 11.6 Å². The molecule has 1 aliphatic rings. The van der Waals surface area contributed by atoms with E-state index >= 15 is 0 Å². The summed E-state index contributed by atoms with van der Waals surface area (Å²) in [6, 6.07) is 9.89. The molecule has 1 saturated heterocycles. The van der Waals surface area contributed by atoms with Gasteiger partial charge in [-0.2, -0.15) is 0 Å². The second-order valence-corrected chi connectivity index (χ2v) is 5.81. The molecule has 1 fully saturated rings. The first-order valence-corrected chi connectivity index (χ1v) is 7.92. The van der Waals surface area contributed by atoms with Crippen LogP contribution in [0.15, 0.2) is 36.7 Å². The molecule has 128 valence electrons. The van der Waals surface area contributed by atoms with Crippen LogP contribution in [0.3, 0.4) is 0 Å². The Bertz CT molecular complexity index is 682. The number of nitrogens with zero attached hydrogens (tertiary/aromatic N) is 4. The summed E-state index contributed by atoms with van der Waals surface area (Å²) >= 11 is 0. The number of ether oxygens (including phenoxy) is 1. The molecule has 8 nitrogen and oxygen atoms in total. The van der Waals surface area contributed by atoms with Crippen LogP contribution in [0.25, 0.3) is 0 Å². The van der Waals surface area contributed by atoms with Gasteiger partial charge in [-0.3, -0.25) is 9.47 Å². The molecule has 3 rings (SSSR count). The normalized spacial score (nSPS) is 16.7. The van der Waals surface area contributed by atoms with E-state index in [1.165, 1.54) is 6.33 Å². The van der Waals surface area contributed by atoms with Crippen LogP contribution in [0.1, 0.15) is 11.6 Å². The van der Waals surface area contributed by atoms with Crippen LogP contribution in [-0.2, 0) is 11.8 Å². The van der Waals surface area contributed by atoms with Crippen LogP contribution in [-0.4, -0.2) is 52.2 Å². The fourth-order valence-corrected chi connectivity index (χ4v) is 2.84. The third-order valence-corrected chi connectivity index (χ3v) is 4.15. The first kappa shape index (κ1) is 16.4. The van der Waals surface area contributed by atoms with Crippen molar-refractivity contribution >= 4 is 11.6 Å². The van der Waals surface area contributed by atoms with E-state index in [-0.39, 0.29) is 11.9 Å². The molecule has 2 heterocycles. The zero-order valence-electron chi connectivity index (χ0n) is 13.6. The maximum absolute atomic E-state index is 11.2. The predicted molar refractivity (Wildman–Crippen MR) is 89.9 cm³/mol. The molecule has 1 N–H and O–H groups in total. The lowest BCUT2D eigenvalue weighted by Crippen LogP contribution is -2.40. The summed E-state index contributed by atoms with van der Waals surface area (Å²) in [7, 11) is 1.75. The standard InChI is InChI=1S/C16H21N5O3/c1-19-12-17-15(21(22)23)16(19)18-14(13-5-3-2-4-6-13)11-20-7-9-24-10-8-20/h2-6,12,14,18H,7-11H2,1H3. The number of imidazole rings is 1. The second kappa shape index (κ2) is 7.41. The number of anilines is 1. The average molecular weight is 331 g/mol. The van der Waals surface area contributed by atoms with Gasteiger partial charge in [-0.25, -0.2) is 0 Å². The molecular weight excluding hydrogens is 310 g/mol. The van der Waals surface area contributed by atoms with Gasteiger partial charge in [0.1, 0.15) is 0 Å². The van der Waals surface area contributed by atoms with Gasteiger partial charge in [0.15, 0.2) is 0 Å². The van der Waals surface area contributed by atoms with Crippen molar-refractivity contribution in [3.05, 3.63) is 52.3 Å². The van der Waals surface area contributed by atoms with Crippen molar-refractivity contribution in [2.24, 2.45) is 7.05 Å². The van der Waals surface area contributed by atoms with E-state index in [2.05, 4.69) is 15.2 Å². The Morgan fingerprint density at radius 3 is 2.71 bits per heavy atom. The van der Waals surface area contributed by atoms with E-state index in [1.54, 1.807) is 11.6 Å². The Hall–Kier alpha value is -2.45. The number of nitro groups is 1. The Morgan fingerprint density at radius 1 is 1.33 bits per heavy atom. The van der Waals surface area contributed by atoms with Crippen LogP contribution in [0.2, 0.25) is 0 Å². The Morgan fingerprint density at radius 2 is 2.04 bits per heavy atom. The highest BCUT2D eigenvalue weighted by atomic mass is 16.6. The number of aryl methyl sites for hydroxylation is 1. The lowest BCUT2D eigenvalue weighted by Gasteiger charge is -2.31. The Balaban J connectivity index is 1.84. The van der Waals surface area contributed by atoms with Gasteiger partial charge in [0, 0.05) is 26.7 Å². The Kier molecular flexibility index (Phi) is 5.07. The fourth-order valence-electron chi connectivity index (χ4n) is 2.84. The lowest BCUT2D eigenvalue weighted by atomic mass is 10.1. The molecule has 1 unspecified atom stereocenters. The van der Waals surface area contributed by atoms with Gasteiger partial charge in [0.25, 0.3) is 0 Å². The van der Waals surface area contributed by atoms with E-state index in [1.807, 2.05) is 30.3 Å². The van der Waals surface area contributed by atoms with Crippen molar-refractivity contribution in [1.29, 1.82) is 0 Å². The van der Waals surface area contributed by atoms with Gasteiger partial charge in [-0.15, -0.1) is 0 Å². The van der Waals surface area contributed by atoms with Crippen molar-refractivity contribution in [1.82, 2.24) is 14.5 Å². The van der Waals surface area contributed by atoms with E-state index in [4.69, 9.17) is 4.74 Å². The van der Waals surface area contributed by atoms with Gasteiger partial charge >= 0.3 is 5.82 Å². The molecule has 1 aliphatic heterocycles. The van der Waals surface area contributed by atoms with E-state index < -0.39 is 4.92 Å². The number of hydrogen-bond donors (Lipinski definition) is 1. The minimum atomic E-state index is -0.459. The summed E-state index contributed by atoms with van der Waals surface area (Å²) in [5, 5.41) is 14.5. The third kappa shape index (κ3) is 3.72. The van der Waals surface area contributed by atoms with Crippen molar-refractivity contribution < 1.29 is 9.66 Å². The molecule has 0 saturated carbocycles. The largest absolute Gasteiger partial charge is 0.406 e. The number of hydrogen-bond acceptors (Lipinski definition) is 6. The fraction of sp³-hybridized carbons (Fsp3) is 0.438. The van der Waals surface area contributed by atoms with Crippen molar-refractivity contribution in [3.63, 3.8) is 0 Å². The highest BCUT2D eigenvalue weighted by Crippen LogP contribution is 2.27. The lowest BCUT2D eigenvalue weighted by molar-refractivity contribution is -0.388. The van der Waals surface area contributed by atoms with Crippen molar-refractivity contribution in [2.45, 2.75) is 6.04 Å². The zero-order chi connectivity index (χ0) is 16.9. The van der Waals surface area contributed by atoms with E-state index in [0.717, 1.165) is 25.2 Å². The van der Waals surface area contributed by atoms with Gasteiger partial charge in [-0.05, 0) is 15.5 Å². The summed E-state index contributed by atoms with van der Waals surface area (Å²) in [6.07, 6.45) is 1.46. The monoisotopic (exact) mass is 331 g/mol. The molecule has 8 heteroatoms. The number of benzene rings is 1. The van der Waals surface area contributed by atoms with Crippen molar-refractivity contribution in [3.8, 4) is 0 Å². The molecule has 24 heavy (non-hydrogen) atoms. The van der Waals surface area contributed by atoms with E-state index in [0.29, 0.717) is 19.0 Å². The molecule has 2 aromatic rings. The first-order valence-electron chi connectivity index (χ1n) is 7.92. The van der Waals surface area contributed by atoms with Gasteiger partial charge in [-0.1, -0.05) is 30.3 Å². The van der Waals surface area contributed by atoms with Crippen LogP contribution in [0, 0.1) is 10.1 Å². The average Bonchev–Trinajstić information content (AvgIpc) is 2.97. The molecular formula is C16H21N5O3. The first-order chi connectivity index (χ1) is 11.6. The smallest absolute Gasteiger partial charge is 0.379 e. The summed E-state index contributed by atoms with van der Waals surface area (Å²) in [6.45, 7) is 3.90. The summed E-state index contributed by atoms with van der Waals surface area (Å²) in [5.41, 5.74) is 1.08. The number of rotatable bonds is 6. The zero-order valence-corrected chi connectivity index (χ0v) is 13.6. The maximum atomic E-state index is 11.2. The number of nitrogens with one attached hydrogen (secondary N) is 1. The minimum absolute atomic E-state index is 0.0709. The van der Waals surface area contributed by atoms with Crippen molar-refractivity contribution in [2.75, 3.05) is 38.2 Å². The molecule has 1 atom stereocenters. The van der Waals surface area contributed by atoms with E-state index in [9.17, 15) is 10.1 Å². The molecule has 0 spiro atoms. The van der Waals surface area contributed by atoms with Gasteiger partial charge in [0.2, 0.25) is 12.1 Å². The molecule has 0 radical (unpaired) electrons. The summed E-state index contributed by atoms with van der Waals surface area (Å²) in [4.78, 5) is 16.9. The predicted octanol–water partition coefficient (Wildman–Crippen LogP) is 1.81. The van der Waals surface area contributed by atoms with Crippen LogP contribution < -0.4 is 5.32 Å². The summed E-state index contributed by atoms with van der Waals surface area (Å²) in [5.74, 6) is 0.266. The quantitative estimate of drug-likeness (QED) is 0.642. The summed E-state index contributed by atoms with van der Waals surface area (Å²) < 4.78 is 7.04. The molecule has 1 aromatic carbocycles. The highest BCUT2D eigenvalue weighted by molar-refractivity contribution is 5.53.